The van der Waals surface area contributed by atoms with Crippen LogP contribution in [-0.2, 0) is 0 Å². The van der Waals surface area contributed by atoms with Crippen LogP contribution in [-0.4, -0.2) is 21.4 Å². The molecule has 3 rings (SSSR count). The number of aliphatic hydroxyl groups is 1. The van der Waals surface area contributed by atoms with Crippen LogP contribution in [0.15, 0.2) is 33.3 Å². The van der Waals surface area contributed by atoms with Crippen LogP contribution in [0.25, 0.3) is 11.4 Å². The monoisotopic (exact) mass is 322 g/mol. The van der Waals surface area contributed by atoms with Gasteiger partial charge in [0.15, 0.2) is 0 Å². The van der Waals surface area contributed by atoms with Crippen molar-refractivity contribution in [3.05, 3.63) is 34.6 Å². The number of hydrogen-bond donors (Lipinski definition) is 1. The van der Waals surface area contributed by atoms with Crippen LogP contribution in [0.5, 0.6) is 0 Å². The maximum atomic E-state index is 9.52. The molecule has 4 nitrogen and oxygen atoms in total. The van der Waals surface area contributed by atoms with Crippen molar-refractivity contribution in [3.63, 3.8) is 0 Å². The minimum atomic E-state index is -0.165. The van der Waals surface area contributed by atoms with Gasteiger partial charge in [-0.3, -0.25) is 0 Å². The summed E-state index contributed by atoms with van der Waals surface area (Å²) in [5, 5.41) is 13.6. The first-order chi connectivity index (χ1) is 9.24. The third kappa shape index (κ3) is 2.72. The number of halogens is 1. The molecule has 1 N–H and O–H groups in total. The maximum Gasteiger partial charge on any atom is 0.230 e. The lowest BCUT2D eigenvalue weighted by Crippen LogP contribution is -2.17. The van der Waals surface area contributed by atoms with Crippen molar-refractivity contribution in [2.75, 3.05) is 0 Å². The first-order valence-electron chi connectivity index (χ1n) is 6.50. The fraction of sp³-hybridized carbons (Fsp3) is 0.429. The summed E-state index contributed by atoms with van der Waals surface area (Å²) >= 11 is 3.49. The number of benzene rings is 1. The highest BCUT2D eigenvalue weighted by atomic mass is 79.9. The molecule has 1 aromatic carbocycles. The number of hydrogen-bond acceptors (Lipinski definition) is 4. The Kier molecular flexibility index (Phi) is 3.66. The Morgan fingerprint density at radius 2 is 1.89 bits per heavy atom. The van der Waals surface area contributed by atoms with E-state index in [1.807, 2.05) is 24.3 Å². The summed E-state index contributed by atoms with van der Waals surface area (Å²) in [7, 11) is 0. The Labute approximate surface area is 120 Å². The SMILES string of the molecule is OC1CCC(c2nc(-c3ccccc3Br)no2)CC1. The van der Waals surface area contributed by atoms with Gasteiger partial charge in [-0.15, -0.1) is 0 Å². The minimum absolute atomic E-state index is 0.165. The molecule has 19 heavy (non-hydrogen) atoms. The summed E-state index contributed by atoms with van der Waals surface area (Å²) in [5.74, 6) is 1.60. The molecule has 0 saturated heterocycles. The van der Waals surface area contributed by atoms with Crippen LogP contribution in [0.1, 0.15) is 37.5 Å². The summed E-state index contributed by atoms with van der Waals surface area (Å²) in [6, 6.07) is 7.83. The fourth-order valence-corrected chi connectivity index (χ4v) is 2.94. The molecule has 1 aromatic heterocycles. The van der Waals surface area contributed by atoms with Crippen LogP contribution >= 0.6 is 15.9 Å². The lowest BCUT2D eigenvalue weighted by atomic mass is 9.87. The first kappa shape index (κ1) is 12.8. The molecule has 0 spiro atoms. The molecule has 0 radical (unpaired) electrons. The number of aliphatic hydroxyl groups excluding tert-OH is 1. The summed E-state index contributed by atoms with van der Waals surface area (Å²) < 4.78 is 6.34. The minimum Gasteiger partial charge on any atom is -0.393 e. The Morgan fingerprint density at radius 1 is 1.16 bits per heavy atom. The third-order valence-electron chi connectivity index (χ3n) is 3.60. The van der Waals surface area contributed by atoms with Crippen LogP contribution < -0.4 is 0 Å². The van der Waals surface area contributed by atoms with Gasteiger partial charge >= 0.3 is 0 Å². The second kappa shape index (κ2) is 5.43. The van der Waals surface area contributed by atoms with Crippen molar-refractivity contribution in [2.24, 2.45) is 0 Å². The predicted molar refractivity (Wildman–Crippen MR) is 74.6 cm³/mol. The standard InChI is InChI=1S/C14H15BrN2O2/c15-12-4-2-1-3-11(12)13-16-14(19-17-13)9-5-7-10(18)8-6-9/h1-4,9-10,18H,5-8H2. The number of aromatic nitrogens is 2. The summed E-state index contributed by atoms with van der Waals surface area (Å²) in [6.45, 7) is 0. The molecular weight excluding hydrogens is 308 g/mol. The van der Waals surface area contributed by atoms with E-state index in [0.29, 0.717) is 11.7 Å². The second-order valence-corrected chi connectivity index (χ2v) is 5.80. The largest absolute Gasteiger partial charge is 0.393 e. The van der Waals surface area contributed by atoms with Crippen molar-refractivity contribution >= 4 is 15.9 Å². The molecule has 0 aliphatic heterocycles. The fourth-order valence-electron chi connectivity index (χ4n) is 2.48. The zero-order chi connectivity index (χ0) is 13.2. The number of nitrogens with zero attached hydrogens (tertiary/aromatic N) is 2. The van der Waals surface area contributed by atoms with E-state index >= 15 is 0 Å². The van der Waals surface area contributed by atoms with E-state index in [4.69, 9.17) is 4.52 Å². The van der Waals surface area contributed by atoms with Gasteiger partial charge in [-0.1, -0.05) is 33.2 Å². The van der Waals surface area contributed by atoms with Crippen LogP contribution in [0, 0.1) is 0 Å². The van der Waals surface area contributed by atoms with Crippen LogP contribution in [0.2, 0.25) is 0 Å². The Hall–Kier alpha value is -1.20. The predicted octanol–water partition coefficient (Wildman–Crippen LogP) is 3.52. The molecule has 5 heteroatoms. The highest BCUT2D eigenvalue weighted by Gasteiger charge is 2.25. The van der Waals surface area contributed by atoms with Crippen molar-refractivity contribution in [3.8, 4) is 11.4 Å². The van der Waals surface area contributed by atoms with E-state index in [-0.39, 0.29) is 12.0 Å². The van der Waals surface area contributed by atoms with E-state index in [9.17, 15) is 5.11 Å². The quantitative estimate of drug-likeness (QED) is 0.919. The normalized spacial score (nSPS) is 23.5. The van der Waals surface area contributed by atoms with Gasteiger partial charge in [0.1, 0.15) is 0 Å². The van der Waals surface area contributed by atoms with Crippen molar-refractivity contribution in [1.82, 2.24) is 10.1 Å². The van der Waals surface area contributed by atoms with Gasteiger partial charge in [-0.25, -0.2) is 0 Å². The molecule has 1 aliphatic rings. The van der Waals surface area contributed by atoms with Gasteiger partial charge in [-0.05, 0) is 37.8 Å². The van der Waals surface area contributed by atoms with E-state index in [1.54, 1.807) is 0 Å². The van der Waals surface area contributed by atoms with Crippen molar-refractivity contribution in [1.29, 1.82) is 0 Å². The van der Waals surface area contributed by atoms with E-state index in [2.05, 4.69) is 26.1 Å². The van der Waals surface area contributed by atoms with E-state index in [0.717, 1.165) is 35.7 Å². The van der Waals surface area contributed by atoms with Crippen LogP contribution in [0.4, 0.5) is 0 Å². The number of rotatable bonds is 2. The van der Waals surface area contributed by atoms with Gasteiger partial charge in [0.25, 0.3) is 0 Å². The molecular formula is C14H15BrN2O2. The zero-order valence-corrected chi connectivity index (χ0v) is 12.0. The van der Waals surface area contributed by atoms with Gasteiger partial charge in [0.05, 0.1) is 6.10 Å². The molecule has 1 saturated carbocycles. The second-order valence-electron chi connectivity index (χ2n) is 4.94. The highest BCUT2D eigenvalue weighted by Crippen LogP contribution is 2.33. The van der Waals surface area contributed by atoms with Gasteiger partial charge in [0, 0.05) is 16.0 Å². The average molecular weight is 323 g/mol. The lowest BCUT2D eigenvalue weighted by Gasteiger charge is -2.22. The molecule has 0 atom stereocenters. The molecule has 2 aromatic rings. The molecule has 1 aliphatic carbocycles. The van der Waals surface area contributed by atoms with Crippen LogP contribution in [0.3, 0.4) is 0 Å². The van der Waals surface area contributed by atoms with Gasteiger partial charge < -0.3 is 9.63 Å². The molecule has 0 amide bonds. The van der Waals surface area contributed by atoms with Crippen molar-refractivity contribution < 1.29 is 9.63 Å². The average Bonchev–Trinajstić information content (AvgIpc) is 2.89. The Balaban J connectivity index is 1.82. The topological polar surface area (TPSA) is 59.2 Å². The molecule has 0 bridgehead atoms. The Bertz CT molecular complexity index is 562. The summed E-state index contributed by atoms with van der Waals surface area (Å²) in [5.41, 5.74) is 0.938. The smallest absolute Gasteiger partial charge is 0.230 e. The summed E-state index contributed by atoms with van der Waals surface area (Å²) in [6.07, 6.45) is 3.30. The van der Waals surface area contributed by atoms with Gasteiger partial charge in [-0.2, -0.15) is 4.98 Å². The molecule has 0 unspecified atom stereocenters. The van der Waals surface area contributed by atoms with E-state index < -0.39 is 0 Å². The van der Waals surface area contributed by atoms with E-state index in [1.165, 1.54) is 0 Å². The highest BCUT2D eigenvalue weighted by molar-refractivity contribution is 9.10. The zero-order valence-electron chi connectivity index (χ0n) is 10.4. The third-order valence-corrected chi connectivity index (χ3v) is 4.29. The molecule has 1 heterocycles. The first-order valence-corrected chi connectivity index (χ1v) is 7.30. The molecule has 100 valence electrons. The maximum absolute atomic E-state index is 9.52. The summed E-state index contributed by atoms with van der Waals surface area (Å²) in [4.78, 5) is 4.50. The molecule has 1 fully saturated rings. The van der Waals surface area contributed by atoms with Gasteiger partial charge in [0.2, 0.25) is 11.7 Å². The van der Waals surface area contributed by atoms with Crippen molar-refractivity contribution in [2.45, 2.75) is 37.7 Å². The lowest BCUT2D eigenvalue weighted by molar-refractivity contribution is 0.116. The Morgan fingerprint density at radius 3 is 2.63 bits per heavy atom.